The zero-order chi connectivity index (χ0) is 15.1. The van der Waals surface area contributed by atoms with E-state index in [1.165, 1.54) is 4.90 Å². The highest BCUT2D eigenvalue weighted by Gasteiger charge is 2.39. The molecule has 1 fully saturated rings. The highest BCUT2D eigenvalue weighted by Crippen LogP contribution is 2.31. The molecule has 2 heterocycles. The lowest BCUT2D eigenvalue weighted by atomic mass is 10.0. The summed E-state index contributed by atoms with van der Waals surface area (Å²) in [4.78, 5) is 13.5. The Hall–Kier alpha value is -1.15. The van der Waals surface area contributed by atoms with Crippen LogP contribution < -0.4 is 0 Å². The first-order valence-corrected chi connectivity index (χ1v) is 7.19. The zero-order valence-electron chi connectivity index (χ0n) is 12.0. The quantitative estimate of drug-likeness (QED) is 0.828. The van der Waals surface area contributed by atoms with E-state index >= 15 is 0 Å². The van der Waals surface area contributed by atoms with E-state index in [9.17, 15) is 9.90 Å². The molecule has 1 aromatic rings. The Morgan fingerprint density at radius 1 is 1.45 bits per heavy atom. The van der Waals surface area contributed by atoms with Crippen molar-refractivity contribution in [1.82, 2.24) is 19.9 Å². The van der Waals surface area contributed by atoms with E-state index in [-0.39, 0.29) is 12.5 Å². The van der Waals surface area contributed by atoms with Gasteiger partial charge < -0.3 is 14.7 Å². The van der Waals surface area contributed by atoms with Crippen molar-refractivity contribution >= 4 is 22.0 Å². The summed E-state index contributed by atoms with van der Waals surface area (Å²) in [6.45, 7) is 6.08. The maximum Gasteiger partial charge on any atom is 0.410 e. The lowest BCUT2D eigenvalue weighted by molar-refractivity contribution is 0.0270. The number of carbonyl (C=O) groups excluding carboxylic acids is 1. The van der Waals surface area contributed by atoms with Gasteiger partial charge in [-0.2, -0.15) is 0 Å². The molecule has 1 aliphatic heterocycles. The van der Waals surface area contributed by atoms with Gasteiger partial charge in [0.05, 0.1) is 18.3 Å². The van der Waals surface area contributed by atoms with E-state index < -0.39 is 17.8 Å². The van der Waals surface area contributed by atoms with Gasteiger partial charge in [0.25, 0.3) is 0 Å². The molecule has 7 nitrogen and oxygen atoms in total. The number of hydrogen-bond acceptors (Lipinski definition) is 5. The van der Waals surface area contributed by atoms with Crippen LogP contribution in [0.15, 0.2) is 4.60 Å². The maximum absolute atomic E-state index is 12.0. The summed E-state index contributed by atoms with van der Waals surface area (Å²) in [6.07, 6.45) is -1.07. The molecule has 1 N–H and O–H groups in total. The normalized spacial score (nSPS) is 23.2. The van der Waals surface area contributed by atoms with Crippen LogP contribution in [0.3, 0.4) is 0 Å². The third-order valence-electron chi connectivity index (χ3n) is 3.12. The SMILES string of the molecule is Cn1nnc(Br)c1C1CN(C(=O)OC(C)(C)C)CC1O. The largest absolute Gasteiger partial charge is 0.444 e. The minimum atomic E-state index is -0.656. The summed E-state index contributed by atoms with van der Waals surface area (Å²) in [7, 11) is 1.76. The molecule has 2 rings (SSSR count). The minimum absolute atomic E-state index is 0.225. The summed E-state index contributed by atoms with van der Waals surface area (Å²) in [5.41, 5.74) is 0.234. The molecule has 0 aromatic carbocycles. The van der Waals surface area contributed by atoms with Gasteiger partial charge in [-0.15, -0.1) is 5.10 Å². The molecule has 20 heavy (non-hydrogen) atoms. The second-order valence-corrected chi connectivity index (χ2v) is 6.70. The molecular formula is C12H19BrN4O3. The number of amides is 1. The van der Waals surface area contributed by atoms with Gasteiger partial charge >= 0.3 is 6.09 Å². The van der Waals surface area contributed by atoms with Crippen molar-refractivity contribution < 1.29 is 14.6 Å². The number of hydrogen-bond donors (Lipinski definition) is 1. The van der Waals surface area contributed by atoms with Crippen LogP contribution in [0.5, 0.6) is 0 Å². The average molecular weight is 347 g/mol. The molecule has 1 saturated heterocycles. The smallest absolute Gasteiger partial charge is 0.410 e. The van der Waals surface area contributed by atoms with Gasteiger partial charge in [-0.25, -0.2) is 4.79 Å². The molecule has 0 spiro atoms. The number of halogens is 1. The summed E-state index contributed by atoms with van der Waals surface area (Å²) in [6, 6.07) is 0. The van der Waals surface area contributed by atoms with Crippen molar-refractivity contribution in [2.24, 2.45) is 7.05 Å². The number of aryl methyl sites for hydroxylation is 1. The van der Waals surface area contributed by atoms with E-state index in [1.807, 2.05) is 20.8 Å². The third kappa shape index (κ3) is 3.12. The topological polar surface area (TPSA) is 80.5 Å². The fraction of sp³-hybridized carbons (Fsp3) is 0.750. The van der Waals surface area contributed by atoms with E-state index in [0.717, 1.165) is 5.69 Å². The summed E-state index contributed by atoms with van der Waals surface area (Å²) in [5, 5.41) is 18.0. The number of rotatable bonds is 1. The predicted octanol–water partition coefficient (Wildman–Crippen LogP) is 1.27. The standard InChI is InChI=1S/C12H19BrN4O3/c1-12(2,3)20-11(19)17-5-7(8(18)6-17)9-10(13)14-15-16(9)4/h7-8,18H,5-6H2,1-4H3. The molecule has 112 valence electrons. The molecule has 0 aliphatic carbocycles. The molecular weight excluding hydrogens is 328 g/mol. The molecule has 0 saturated carbocycles. The molecule has 0 bridgehead atoms. The van der Waals surface area contributed by atoms with E-state index in [1.54, 1.807) is 11.7 Å². The monoisotopic (exact) mass is 346 g/mol. The van der Waals surface area contributed by atoms with Crippen molar-refractivity contribution in [2.45, 2.75) is 38.4 Å². The summed E-state index contributed by atoms with van der Waals surface area (Å²) in [5.74, 6) is -0.225. The van der Waals surface area contributed by atoms with Crippen LogP contribution in [0, 0.1) is 0 Å². The first-order valence-electron chi connectivity index (χ1n) is 6.40. The van der Waals surface area contributed by atoms with Crippen LogP contribution in [0.2, 0.25) is 0 Å². The number of likely N-dealkylation sites (tertiary alicyclic amines) is 1. The predicted molar refractivity (Wildman–Crippen MR) is 75.3 cm³/mol. The Labute approximate surface area is 126 Å². The number of nitrogens with zero attached hydrogens (tertiary/aromatic N) is 4. The van der Waals surface area contributed by atoms with Gasteiger partial charge in [-0.3, -0.25) is 4.68 Å². The molecule has 8 heteroatoms. The Bertz CT molecular complexity index is 492. The zero-order valence-corrected chi connectivity index (χ0v) is 13.6. The van der Waals surface area contributed by atoms with Crippen molar-refractivity contribution in [2.75, 3.05) is 13.1 Å². The summed E-state index contributed by atoms with van der Waals surface area (Å²) >= 11 is 3.32. The molecule has 1 amide bonds. The number of β-amino-alcohol motifs (C(OH)–C–C–N with tert-alkyl or cyclic N) is 1. The van der Waals surface area contributed by atoms with Crippen molar-refractivity contribution in [1.29, 1.82) is 0 Å². The third-order valence-corrected chi connectivity index (χ3v) is 3.68. The van der Waals surface area contributed by atoms with Gasteiger partial charge in [0.15, 0.2) is 4.60 Å². The maximum atomic E-state index is 12.0. The van der Waals surface area contributed by atoms with Gasteiger partial charge in [0.1, 0.15) is 5.60 Å². The van der Waals surface area contributed by atoms with Crippen LogP contribution in [0.1, 0.15) is 32.4 Å². The van der Waals surface area contributed by atoms with Gasteiger partial charge in [-0.1, -0.05) is 5.21 Å². The van der Waals surface area contributed by atoms with E-state index in [0.29, 0.717) is 11.1 Å². The second kappa shape index (κ2) is 5.33. The molecule has 0 radical (unpaired) electrons. The number of aromatic nitrogens is 3. The molecule has 1 aliphatic rings. The Morgan fingerprint density at radius 3 is 2.60 bits per heavy atom. The minimum Gasteiger partial charge on any atom is -0.444 e. The highest BCUT2D eigenvalue weighted by molar-refractivity contribution is 9.10. The van der Waals surface area contributed by atoms with Crippen molar-refractivity contribution in [3.63, 3.8) is 0 Å². The first-order chi connectivity index (χ1) is 9.19. The fourth-order valence-corrected chi connectivity index (χ4v) is 2.88. The van der Waals surface area contributed by atoms with Crippen LogP contribution in [0.25, 0.3) is 0 Å². The molecule has 2 unspecified atom stereocenters. The number of carbonyl (C=O) groups is 1. The molecule has 2 atom stereocenters. The van der Waals surface area contributed by atoms with Crippen LogP contribution in [0.4, 0.5) is 4.79 Å². The second-order valence-electron chi connectivity index (χ2n) is 5.95. The average Bonchev–Trinajstić information content (AvgIpc) is 2.81. The number of aliphatic hydroxyl groups is 1. The van der Waals surface area contributed by atoms with Crippen LogP contribution in [-0.2, 0) is 11.8 Å². The molecule has 1 aromatic heterocycles. The Balaban J connectivity index is 2.12. The lowest BCUT2D eigenvalue weighted by Crippen LogP contribution is -2.35. The van der Waals surface area contributed by atoms with Gasteiger partial charge in [-0.05, 0) is 36.7 Å². The lowest BCUT2D eigenvalue weighted by Gasteiger charge is -2.24. The van der Waals surface area contributed by atoms with Gasteiger partial charge in [0.2, 0.25) is 0 Å². The Morgan fingerprint density at radius 2 is 2.10 bits per heavy atom. The van der Waals surface area contributed by atoms with Gasteiger partial charge in [0, 0.05) is 19.5 Å². The van der Waals surface area contributed by atoms with E-state index in [4.69, 9.17) is 4.74 Å². The fourth-order valence-electron chi connectivity index (χ4n) is 2.26. The number of aliphatic hydroxyl groups excluding tert-OH is 1. The first kappa shape index (κ1) is 15.2. The van der Waals surface area contributed by atoms with Crippen molar-refractivity contribution in [3.05, 3.63) is 10.3 Å². The summed E-state index contributed by atoms with van der Waals surface area (Å²) < 4.78 is 7.52. The van der Waals surface area contributed by atoms with Crippen LogP contribution in [-0.4, -0.2) is 55.9 Å². The van der Waals surface area contributed by atoms with Crippen molar-refractivity contribution in [3.8, 4) is 0 Å². The number of ether oxygens (including phenoxy) is 1. The Kier molecular flexibility index (Phi) is 4.06. The van der Waals surface area contributed by atoms with Crippen LogP contribution >= 0.6 is 15.9 Å². The van der Waals surface area contributed by atoms with E-state index in [2.05, 4.69) is 26.2 Å². The highest BCUT2D eigenvalue weighted by atomic mass is 79.9.